The highest BCUT2D eigenvalue weighted by molar-refractivity contribution is 5.95. The van der Waals surface area contributed by atoms with Crippen molar-refractivity contribution in [1.82, 2.24) is 9.80 Å². The third-order valence-electron chi connectivity index (χ3n) is 5.35. The predicted molar refractivity (Wildman–Crippen MR) is 97.0 cm³/mol. The van der Waals surface area contributed by atoms with Gasteiger partial charge in [0.2, 0.25) is 0 Å². The number of hydrogen-bond acceptors (Lipinski definition) is 4. The van der Waals surface area contributed by atoms with E-state index in [0.717, 1.165) is 31.9 Å². The highest BCUT2D eigenvalue weighted by atomic mass is 16.4. The molecule has 3 rings (SSSR count). The van der Waals surface area contributed by atoms with Crippen LogP contribution in [0.1, 0.15) is 30.6 Å². The summed E-state index contributed by atoms with van der Waals surface area (Å²) in [5, 5.41) is 9.07. The number of likely N-dealkylation sites (tertiary alicyclic amines) is 1. The average molecular weight is 345 g/mol. The predicted octanol–water partition coefficient (Wildman–Crippen LogP) is 1.76. The van der Waals surface area contributed by atoms with E-state index in [-0.39, 0.29) is 5.91 Å². The second-order valence-electron chi connectivity index (χ2n) is 7.24. The summed E-state index contributed by atoms with van der Waals surface area (Å²) in [5.41, 5.74) is 1.78. The van der Waals surface area contributed by atoms with Gasteiger partial charge in [0.25, 0.3) is 5.91 Å². The van der Waals surface area contributed by atoms with E-state index in [1.165, 1.54) is 0 Å². The molecule has 1 aromatic carbocycles. The first kappa shape index (κ1) is 17.7. The number of amides is 1. The smallest absolute Gasteiger partial charge is 0.308 e. The van der Waals surface area contributed by atoms with E-state index in [1.54, 1.807) is 4.90 Å². The van der Waals surface area contributed by atoms with Crippen molar-refractivity contribution in [2.75, 3.05) is 44.2 Å². The number of benzene rings is 1. The van der Waals surface area contributed by atoms with Crippen LogP contribution in [0.2, 0.25) is 0 Å². The standard InChI is InChI=1S/C19H27N3O3/c1-14(2)20-9-11-21(12-10-20)17-5-3-15(4-6-17)18(23)22-8-7-16(13-22)19(24)25/h3-6,14,16H,7-13H2,1-2H3,(H,24,25)/t16-/m0/s1. The lowest BCUT2D eigenvalue weighted by Crippen LogP contribution is -2.48. The number of anilines is 1. The minimum atomic E-state index is -0.814. The van der Waals surface area contributed by atoms with Gasteiger partial charge < -0.3 is 14.9 Å². The van der Waals surface area contributed by atoms with Crippen molar-refractivity contribution in [2.45, 2.75) is 26.3 Å². The number of hydrogen-bond donors (Lipinski definition) is 1. The molecule has 25 heavy (non-hydrogen) atoms. The monoisotopic (exact) mass is 345 g/mol. The topological polar surface area (TPSA) is 64.1 Å². The first-order valence-electron chi connectivity index (χ1n) is 9.07. The van der Waals surface area contributed by atoms with Crippen LogP contribution in [0, 0.1) is 5.92 Å². The van der Waals surface area contributed by atoms with E-state index in [9.17, 15) is 9.59 Å². The third kappa shape index (κ3) is 3.95. The Kier molecular flexibility index (Phi) is 5.27. The van der Waals surface area contributed by atoms with Crippen LogP contribution < -0.4 is 4.90 Å². The Bertz CT molecular complexity index is 621. The van der Waals surface area contributed by atoms with Gasteiger partial charge in [0, 0.05) is 56.6 Å². The lowest BCUT2D eigenvalue weighted by Gasteiger charge is -2.38. The molecule has 2 fully saturated rings. The fourth-order valence-corrected chi connectivity index (χ4v) is 3.64. The molecule has 0 aromatic heterocycles. The highest BCUT2D eigenvalue weighted by Gasteiger charge is 2.31. The molecule has 0 spiro atoms. The zero-order valence-electron chi connectivity index (χ0n) is 15.0. The van der Waals surface area contributed by atoms with Crippen molar-refractivity contribution in [3.63, 3.8) is 0 Å². The summed E-state index contributed by atoms with van der Waals surface area (Å²) in [5.74, 6) is -1.31. The number of carboxylic acid groups (broad SMARTS) is 1. The fourth-order valence-electron chi connectivity index (χ4n) is 3.64. The lowest BCUT2D eigenvalue weighted by molar-refractivity contribution is -0.141. The van der Waals surface area contributed by atoms with Crippen LogP contribution >= 0.6 is 0 Å². The summed E-state index contributed by atoms with van der Waals surface area (Å²) < 4.78 is 0. The van der Waals surface area contributed by atoms with E-state index in [2.05, 4.69) is 23.6 Å². The van der Waals surface area contributed by atoms with Crippen molar-refractivity contribution < 1.29 is 14.7 Å². The van der Waals surface area contributed by atoms with E-state index >= 15 is 0 Å². The molecule has 1 N–H and O–H groups in total. The quantitative estimate of drug-likeness (QED) is 0.901. The summed E-state index contributed by atoms with van der Waals surface area (Å²) in [7, 11) is 0. The molecule has 0 aliphatic carbocycles. The van der Waals surface area contributed by atoms with Crippen molar-refractivity contribution in [3.05, 3.63) is 29.8 Å². The molecule has 1 aromatic rings. The first-order valence-corrected chi connectivity index (χ1v) is 9.07. The molecular formula is C19H27N3O3. The maximum atomic E-state index is 12.5. The van der Waals surface area contributed by atoms with Gasteiger partial charge in [-0.25, -0.2) is 0 Å². The van der Waals surface area contributed by atoms with Gasteiger partial charge in [-0.3, -0.25) is 14.5 Å². The third-order valence-corrected chi connectivity index (χ3v) is 5.35. The van der Waals surface area contributed by atoms with Crippen LogP contribution in [0.15, 0.2) is 24.3 Å². The second-order valence-corrected chi connectivity index (χ2v) is 7.24. The maximum absolute atomic E-state index is 12.5. The number of carbonyl (C=O) groups excluding carboxylic acids is 1. The zero-order chi connectivity index (χ0) is 18.0. The van der Waals surface area contributed by atoms with Gasteiger partial charge in [0.1, 0.15) is 0 Å². The van der Waals surface area contributed by atoms with Gasteiger partial charge >= 0.3 is 5.97 Å². The molecule has 2 aliphatic rings. The van der Waals surface area contributed by atoms with Crippen LogP contribution in [0.5, 0.6) is 0 Å². The minimum absolute atomic E-state index is 0.0695. The van der Waals surface area contributed by atoms with Crippen LogP contribution in [0.4, 0.5) is 5.69 Å². The van der Waals surface area contributed by atoms with Crippen molar-refractivity contribution in [2.24, 2.45) is 5.92 Å². The molecule has 6 nitrogen and oxygen atoms in total. The number of nitrogens with zero attached hydrogens (tertiary/aromatic N) is 3. The highest BCUT2D eigenvalue weighted by Crippen LogP contribution is 2.22. The molecule has 2 saturated heterocycles. The Morgan fingerprint density at radius 2 is 1.68 bits per heavy atom. The summed E-state index contributed by atoms with van der Waals surface area (Å²) in [4.78, 5) is 30.0. The molecule has 136 valence electrons. The van der Waals surface area contributed by atoms with Crippen LogP contribution in [0.3, 0.4) is 0 Å². The molecule has 2 heterocycles. The molecule has 0 saturated carbocycles. The normalized spacial score (nSPS) is 21.8. The SMILES string of the molecule is CC(C)N1CCN(c2ccc(C(=O)N3CC[C@H](C(=O)O)C3)cc2)CC1. The zero-order valence-corrected chi connectivity index (χ0v) is 15.0. The lowest BCUT2D eigenvalue weighted by atomic mass is 10.1. The van der Waals surface area contributed by atoms with Gasteiger partial charge in [0.15, 0.2) is 0 Å². The Morgan fingerprint density at radius 1 is 1.04 bits per heavy atom. The molecular weight excluding hydrogens is 318 g/mol. The van der Waals surface area contributed by atoms with Crippen LogP contribution in [0.25, 0.3) is 0 Å². The van der Waals surface area contributed by atoms with Crippen molar-refractivity contribution >= 4 is 17.6 Å². The molecule has 0 unspecified atom stereocenters. The number of aliphatic carboxylic acids is 1. The van der Waals surface area contributed by atoms with E-state index in [1.807, 2.05) is 24.3 Å². The largest absolute Gasteiger partial charge is 0.481 e. The fraction of sp³-hybridized carbons (Fsp3) is 0.579. The molecule has 1 atom stereocenters. The minimum Gasteiger partial charge on any atom is -0.481 e. The van der Waals surface area contributed by atoms with E-state index < -0.39 is 11.9 Å². The van der Waals surface area contributed by atoms with Gasteiger partial charge in [-0.15, -0.1) is 0 Å². The number of carbonyl (C=O) groups is 2. The van der Waals surface area contributed by atoms with Crippen LogP contribution in [-0.4, -0.2) is 72.1 Å². The van der Waals surface area contributed by atoms with E-state index in [0.29, 0.717) is 31.1 Å². The Labute approximate surface area is 149 Å². The van der Waals surface area contributed by atoms with Gasteiger partial charge in [-0.2, -0.15) is 0 Å². The van der Waals surface area contributed by atoms with E-state index in [4.69, 9.17) is 5.11 Å². The Balaban J connectivity index is 1.59. The summed E-state index contributed by atoms with van der Waals surface area (Å²) in [6.45, 7) is 9.40. The molecule has 0 radical (unpaired) electrons. The molecule has 1 amide bonds. The van der Waals surface area contributed by atoms with Crippen molar-refractivity contribution in [1.29, 1.82) is 0 Å². The molecule has 6 heteroatoms. The maximum Gasteiger partial charge on any atom is 0.308 e. The summed E-state index contributed by atoms with van der Waals surface area (Å²) in [6, 6.07) is 8.31. The Hall–Kier alpha value is -2.08. The summed E-state index contributed by atoms with van der Waals surface area (Å²) >= 11 is 0. The van der Waals surface area contributed by atoms with Gasteiger partial charge in [-0.05, 0) is 44.5 Å². The average Bonchev–Trinajstić information content (AvgIpc) is 3.12. The molecule has 2 aliphatic heterocycles. The number of piperazine rings is 1. The summed E-state index contributed by atoms with van der Waals surface area (Å²) in [6.07, 6.45) is 0.541. The molecule has 0 bridgehead atoms. The van der Waals surface area contributed by atoms with Crippen molar-refractivity contribution in [3.8, 4) is 0 Å². The second kappa shape index (κ2) is 7.44. The van der Waals surface area contributed by atoms with Gasteiger partial charge in [0.05, 0.1) is 5.92 Å². The Morgan fingerprint density at radius 3 is 2.20 bits per heavy atom. The number of rotatable bonds is 4. The first-order chi connectivity index (χ1) is 12.0. The van der Waals surface area contributed by atoms with Crippen LogP contribution in [-0.2, 0) is 4.79 Å². The number of carboxylic acids is 1. The van der Waals surface area contributed by atoms with Gasteiger partial charge in [-0.1, -0.05) is 0 Å².